The van der Waals surface area contributed by atoms with E-state index < -0.39 is 0 Å². The molecular formula is C16H18BrNO2S. The summed E-state index contributed by atoms with van der Waals surface area (Å²) in [6, 6.07) is 12.2. The van der Waals surface area contributed by atoms with Crippen molar-refractivity contribution in [1.29, 1.82) is 0 Å². The Balaban J connectivity index is 2.35. The van der Waals surface area contributed by atoms with Gasteiger partial charge in [-0.1, -0.05) is 27.7 Å². The van der Waals surface area contributed by atoms with E-state index in [2.05, 4.69) is 28.1 Å². The minimum absolute atomic E-state index is 0.582. The highest BCUT2D eigenvalue weighted by Crippen LogP contribution is 2.39. The molecule has 0 aromatic heterocycles. The van der Waals surface area contributed by atoms with E-state index in [-0.39, 0.29) is 0 Å². The molecule has 3 nitrogen and oxygen atoms in total. The molecule has 0 aliphatic rings. The molecule has 112 valence electrons. The second kappa shape index (κ2) is 7.73. The first-order chi connectivity index (χ1) is 10.2. The number of hydrogen-bond acceptors (Lipinski definition) is 4. The Morgan fingerprint density at radius 2 is 1.71 bits per heavy atom. The van der Waals surface area contributed by atoms with Crippen LogP contribution in [-0.2, 0) is 6.42 Å². The lowest BCUT2D eigenvalue weighted by Crippen LogP contribution is -2.05. The molecule has 0 heterocycles. The Morgan fingerprint density at radius 1 is 1.05 bits per heavy atom. The lowest BCUT2D eigenvalue weighted by molar-refractivity contribution is 0.390. The Morgan fingerprint density at radius 3 is 2.29 bits per heavy atom. The summed E-state index contributed by atoms with van der Waals surface area (Å²) in [5.74, 6) is 1.69. The summed E-state index contributed by atoms with van der Waals surface area (Å²) in [5, 5.41) is 0. The third-order valence-electron chi connectivity index (χ3n) is 3.02. The zero-order chi connectivity index (χ0) is 15.2. The van der Waals surface area contributed by atoms with Crippen LogP contribution in [0.5, 0.6) is 11.5 Å². The van der Waals surface area contributed by atoms with Crippen LogP contribution in [-0.4, -0.2) is 20.8 Å². The van der Waals surface area contributed by atoms with Gasteiger partial charge in [0.2, 0.25) is 0 Å². The summed E-state index contributed by atoms with van der Waals surface area (Å²) >= 11 is 5.09. The smallest absolute Gasteiger partial charge is 0.133 e. The van der Waals surface area contributed by atoms with E-state index in [1.54, 1.807) is 26.0 Å². The summed E-state index contributed by atoms with van der Waals surface area (Å²) in [5.41, 5.74) is 6.71. The Kier molecular flexibility index (Phi) is 5.96. The maximum absolute atomic E-state index is 5.65. The fraction of sp³-hybridized carbons (Fsp3) is 0.250. The summed E-state index contributed by atoms with van der Waals surface area (Å²) in [7, 11) is 3.36. The maximum atomic E-state index is 5.65. The van der Waals surface area contributed by atoms with Gasteiger partial charge >= 0.3 is 0 Å². The first-order valence-electron chi connectivity index (χ1n) is 6.56. The van der Waals surface area contributed by atoms with Gasteiger partial charge in [-0.05, 0) is 54.9 Å². The van der Waals surface area contributed by atoms with Crippen molar-refractivity contribution in [2.24, 2.45) is 5.73 Å². The van der Waals surface area contributed by atoms with E-state index >= 15 is 0 Å². The average Bonchev–Trinajstić information content (AvgIpc) is 2.50. The van der Waals surface area contributed by atoms with Gasteiger partial charge in [0.05, 0.1) is 19.1 Å². The minimum atomic E-state index is 0.582. The van der Waals surface area contributed by atoms with Gasteiger partial charge in [0, 0.05) is 9.37 Å². The second-order valence-corrected chi connectivity index (χ2v) is 6.44. The van der Waals surface area contributed by atoms with E-state index in [0.717, 1.165) is 37.7 Å². The van der Waals surface area contributed by atoms with Gasteiger partial charge in [-0.3, -0.25) is 0 Å². The molecule has 2 rings (SSSR count). The topological polar surface area (TPSA) is 44.5 Å². The number of benzene rings is 2. The Hall–Kier alpha value is -1.17. The van der Waals surface area contributed by atoms with Crippen LogP contribution in [0.15, 0.2) is 50.7 Å². The van der Waals surface area contributed by atoms with Gasteiger partial charge in [0.1, 0.15) is 11.5 Å². The summed E-state index contributed by atoms with van der Waals surface area (Å²) in [6.07, 6.45) is 0.767. The van der Waals surface area contributed by atoms with Crippen LogP contribution in [0.25, 0.3) is 0 Å². The molecule has 0 fully saturated rings. The highest BCUT2D eigenvalue weighted by atomic mass is 79.9. The molecule has 2 N–H and O–H groups in total. The van der Waals surface area contributed by atoms with Crippen molar-refractivity contribution in [1.82, 2.24) is 0 Å². The number of rotatable bonds is 6. The van der Waals surface area contributed by atoms with Crippen LogP contribution in [0.1, 0.15) is 5.56 Å². The largest absolute Gasteiger partial charge is 0.496 e. The van der Waals surface area contributed by atoms with Gasteiger partial charge in [-0.25, -0.2) is 0 Å². The SMILES string of the molecule is COc1cc(Sc2ccc(Br)cc2)c(OC)cc1CCN. The fourth-order valence-corrected chi connectivity index (χ4v) is 3.19. The monoisotopic (exact) mass is 367 g/mol. The lowest BCUT2D eigenvalue weighted by Gasteiger charge is -2.14. The van der Waals surface area contributed by atoms with E-state index in [4.69, 9.17) is 15.2 Å². The number of methoxy groups -OCH3 is 2. The first-order valence-corrected chi connectivity index (χ1v) is 8.17. The van der Waals surface area contributed by atoms with Crippen molar-refractivity contribution in [2.45, 2.75) is 16.2 Å². The molecule has 2 aromatic carbocycles. The summed E-state index contributed by atoms with van der Waals surface area (Å²) in [6.45, 7) is 0.582. The van der Waals surface area contributed by atoms with Gasteiger partial charge in [-0.2, -0.15) is 0 Å². The van der Waals surface area contributed by atoms with Crippen LogP contribution in [0.4, 0.5) is 0 Å². The molecule has 0 unspecified atom stereocenters. The zero-order valence-electron chi connectivity index (χ0n) is 12.1. The third kappa shape index (κ3) is 4.15. The molecule has 0 saturated heterocycles. The number of nitrogens with two attached hydrogens (primary N) is 1. The van der Waals surface area contributed by atoms with Crippen LogP contribution < -0.4 is 15.2 Å². The summed E-state index contributed by atoms with van der Waals surface area (Å²) in [4.78, 5) is 2.17. The van der Waals surface area contributed by atoms with E-state index in [0.29, 0.717) is 6.54 Å². The minimum Gasteiger partial charge on any atom is -0.496 e. The molecule has 21 heavy (non-hydrogen) atoms. The second-order valence-electron chi connectivity index (χ2n) is 4.41. The van der Waals surface area contributed by atoms with Crippen molar-refractivity contribution in [3.05, 3.63) is 46.4 Å². The first kappa shape index (κ1) is 16.2. The van der Waals surface area contributed by atoms with E-state index in [9.17, 15) is 0 Å². The number of halogens is 1. The normalized spacial score (nSPS) is 10.5. The predicted molar refractivity (Wildman–Crippen MR) is 90.6 cm³/mol. The van der Waals surface area contributed by atoms with Crippen molar-refractivity contribution in [2.75, 3.05) is 20.8 Å². The van der Waals surface area contributed by atoms with Crippen LogP contribution in [0.2, 0.25) is 0 Å². The van der Waals surface area contributed by atoms with Gasteiger partial charge < -0.3 is 15.2 Å². The molecule has 0 saturated carbocycles. The third-order valence-corrected chi connectivity index (χ3v) is 4.60. The van der Waals surface area contributed by atoms with Crippen molar-refractivity contribution in [3.63, 3.8) is 0 Å². The molecule has 0 radical (unpaired) electrons. The molecule has 0 atom stereocenters. The van der Waals surface area contributed by atoms with E-state index in [1.165, 1.54) is 0 Å². The Bertz CT molecular complexity index is 602. The van der Waals surface area contributed by atoms with Crippen molar-refractivity contribution in [3.8, 4) is 11.5 Å². The Labute approximate surface area is 138 Å². The lowest BCUT2D eigenvalue weighted by atomic mass is 10.1. The molecule has 5 heteroatoms. The molecule has 0 aliphatic heterocycles. The molecule has 0 aliphatic carbocycles. The highest BCUT2D eigenvalue weighted by molar-refractivity contribution is 9.10. The predicted octanol–water partition coefficient (Wildman–Crippen LogP) is 4.12. The van der Waals surface area contributed by atoms with Crippen molar-refractivity contribution < 1.29 is 9.47 Å². The van der Waals surface area contributed by atoms with Gasteiger partial charge in [0.25, 0.3) is 0 Å². The fourth-order valence-electron chi connectivity index (χ4n) is 1.99. The zero-order valence-corrected chi connectivity index (χ0v) is 14.5. The quantitative estimate of drug-likeness (QED) is 0.833. The van der Waals surface area contributed by atoms with E-state index in [1.807, 2.05) is 24.3 Å². The van der Waals surface area contributed by atoms with Crippen LogP contribution in [0.3, 0.4) is 0 Å². The van der Waals surface area contributed by atoms with Gasteiger partial charge in [-0.15, -0.1) is 0 Å². The maximum Gasteiger partial charge on any atom is 0.133 e. The summed E-state index contributed by atoms with van der Waals surface area (Å²) < 4.78 is 12.0. The van der Waals surface area contributed by atoms with Crippen LogP contribution >= 0.6 is 27.7 Å². The standard InChI is InChI=1S/C16H18BrNO2S/c1-19-14-10-16(15(20-2)9-11(14)7-8-18)21-13-5-3-12(17)4-6-13/h3-6,9-10H,7-8,18H2,1-2H3. The average molecular weight is 368 g/mol. The molecular weight excluding hydrogens is 350 g/mol. The molecule has 0 bridgehead atoms. The van der Waals surface area contributed by atoms with Crippen LogP contribution in [0, 0.1) is 0 Å². The number of hydrogen-bond donors (Lipinski definition) is 1. The van der Waals surface area contributed by atoms with Gasteiger partial charge in [0.15, 0.2) is 0 Å². The molecule has 2 aromatic rings. The highest BCUT2D eigenvalue weighted by Gasteiger charge is 2.12. The number of ether oxygens (including phenoxy) is 2. The van der Waals surface area contributed by atoms with Crippen molar-refractivity contribution >= 4 is 27.7 Å². The molecule has 0 amide bonds. The molecule has 0 spiro atoms.